The van der Waals surface area contributed by atoms with E-state index in [0.717, 1.165) is 36.4 Å². The zero-order valence-corrected chi connectivity index (χ0v) is 36.0. The number of benzene rings is 6. The predicted octanol–water partition coefficient (Wildman–Crippen LogP) is 0.231. The molecule has 6 aromatic carbocycles. The summed E-state index contributed by atoms with van der Waals surface area (Å²) in [6, 6.07) is 22.4. The van der Waals surface area contributed by atoms with Gasteiger partial charge in [0.15, 0.2) is 0 Å². The molecule has 0 atom stereocenters. The molecule has 6 rings (SSSR count). The van der Waals surface area contributed by atoms with Crippen molar-refractivity contribution in [2.45, 2.75) is 19.6 Å². The molecule has 0 heterocycles. The standard InChI is InChI=1S/2C16H12N2O7S2.2Na/c2*19-15-8-1-10-9-13(27(23,24)25)6-7-14(10)16(15)18-17-11-2-4-12(5-3-11)26(20,21)22;;/h2*1-9,19H,(H,20,21,22)(H,23,24,25);;/q;;2*+1/p-2. The molecule has 0 fully saturated rings. The van der Waals surface area contributed by atoms with Crippen molar-refractivity contribution in [2.24, 2.45) is 20.5 Å². The van der Waals surface area contributed by atoms with Crippen LogP contribution in [0.4, 0.5) is 22.7 Å². The second-order valence-corrected chi connectivity index (χ2v) is 16.5. The third-order valence-corrected chi connectivity index (χ3v) is 10.7. The summed E-state index contributed by atoms with van der Waals surface area (Å²) >= 11 is 0. The third-order valence-electron chi connectivity index (χ3n) is 7.26. The van der Waals surface area contributed by atoms with E-state index < -0.39 is 50.3 Å². The fourth-order valence-corrected chi connectivity index (χ4v) is 6.64. The molecule has 24 heteroatoms. The number of rotatable bonds is 8. The van der Waals surface area contributed by atoms with Gasteiger partial charge in [-0.3, -0.25) is 9.11 Å². The van der Waals surface area contributed by atoms with Crippen molar-refractivity contribution >= 4 is 84.8 Å². The van der Waals surface area contributed by atoms with E-state index in [-0.39, 0.29) is 103 Å². The van der Waals surface area contributed by atoms with Gasteiger partial charge in [-0.05, 0) is 95.7 Å². The number of fused-ring (bicyclic) bond motifs is 2. The Kier molecular flexibility index (Phi) is 15.2. The van der Waals surface area contributed by atoms with Crippen LogP contribution in [0.15, 0.2) is 149 Å². The topological polar surface area (TPSA) is 313 Å². The van der Waals surface area contributed by atoms with Crippen LogP contribution in [0.5, 0.6) is 11.5 Å². The summed E-state index contributed by atoms with van der Waals surface area (Å²) in [5, 5.41) is 37.2. The smallest absolute Gasteiger partial charge is 0.744 e. The summed E-state index contributed by atoms with van der Waals surface area (Å²) in [7, 11) is -17.9. The van der Waals surface area contributed by atoms with Gasteiger partial charge >= 0.3 is 59.1 Å². The third kappa shape index (κ3) is 11.7. The van der Waals surface area contributed by atoms with Crippen LogP contribution < -0.4 is 59.1 Å². The van der Waals surface area contributed by atoms with Crippen LogP contribution in [0, 0.1) is 0 Å². The molecule has 0 amide bonds. The molecule has 0 aliphatic rings. The van der Waals surface area contributed by atoms with Crippen LogP contribution in [-0.2, 0) is 40.5 Å². The van der Waals surface area contributed by atoms with Gasteiger partial charge in [0.1, 0.15) is 43.1 Å². The monoisotopic (exact) mass is 860 g/mol. The van der Waals surface area contributed by atoms with Crippen LogP contribution in [0.25, 0.3) is 21.5 Å². The van der Waals surface area contributed by atoms with Gasteiger partial charge in [-0.2, -0.15) is 27.1 Å². The number of hydrogen-bond acceptors (Lipinski definition) is 16. The molecule has 0 aliphatic heterocycles. The number of azo groups is 2. The van der Waals surface area contributed by atoms with Gasteiger partial charge in [-0.25, -0.2) is 16.8 Å². The molecular formula is C32H22N4Na2O14S4. The van der Waals surface area contributed by atoms with Gasteiger partial charge < -0.3 is 19.3 Å². The van der Waals surface area contributed by atoms with Crippen LogP contribution in [-0.4, -0.2) is 62.1 Å². The fourth-order valence-electron chi connectivity index (χ4n) is 4.67. The van der Waals surface area contributed by atoms with Crippen LogP contribution in [0.3, 0.4) is 0 Å². The number of phenolic OH excluding ortho intramolecular Hbond substituents is 2. The summed E-state index contributed by atoms with van der Waals surface area (Å²) in [6.45, 7) is 0. The number of phenols is 2. The molecule has 280 valence electrons. The van der Waals surface area contributed by atoms with Gasteiger partial charge in [-0.1, -0.05) is 24.3 Å². The Morgan fingerprint density at radius 3 is 1.00 bits per heavy atom. The van der Waals surface area contributed by atoms with E-state index in [1.807, 2.05) is 0 Å². The molecular weight excluding hydrogens is 839 g/mol. The van der Waals surface area contributed by atoms with E-state index in [0.29, 0.717) is 21.5 Å². The van der Waals surface area contributed by atoms with Crippen molar-refractivity contribution in [3.8, 4) is 11.5 Å². The van der Waals surface area contributed by atoms with E-state index >= 15 is 0 Å². The fraction of sp³-hybridized carbons (Fsp3) is 0. The molecule has 0 unspecified atom stereocenters. The Morgan fingerprint density at radius 1 is 0.411 bits per heavy atom. The van der Waals surface area contributed by atoms with E-state index in [2.05, 4.69) is 20.5 Å². The maximum atomic E-state index is 11.2. The van der Waals surface area contributed by atoms with Crippen LogP contribution in [0.1, 0.15) is 0 Å². The summed E-state index contributed by atoms with van der Waals surface area (Å²) in [5.41, 5.74) is 0.562. The molecule has 56 heavy (non-hydrogen) atoms. The Hall–Kier alpha value is -3.72. The van der Waals surface area contributed by atoms with Crippen molar-refractivity contribution in [1.82, 2.24) is 0 Å². The van der Waals surface area contributed by atoms with E-state index in [1.54, 1.807) is 0 Å². The molecule has 18 nitrogen and oxygen atoms in total. The molecule has 0 spiro atoms. The Balaban J connectivity index is 0.000000290. The van der Waals surface area contributed by atoms with Crippen molar-refractivity contribution < 1.29 is 121 Å². The van der Waals surface area contributed by atoms with E-state index in [4.69, 9.17) is 9.11 Å². The Morgan fingerprint density at radius 2 is 0.714 bits per heavy atom. The molecule has 0 saturated heterocycles. The molecule has 0 saturated carbocycles. The number of nitrogens with zero attached hydrogens (tertiary/aromatic N) is 4. The average Bonchev–Trinajstić information content (AvgIpc) is 3.09. The Bertz CT molecular complexity index is 2750. The first-order valence-electron chi connectivity index (χ1n) is 14.5. The zero-order chi connectivity index (χ0) is 39.6. The SMILES string of the molecule is O=S(=O)([O-])c1ccc(N=Nc2c(O)ccc3cc(S(=O)(=O)O)ccc23)cc1.O=S(=O)([O-])c1ccc(N=Nc2c(O)ccc3cc(S(=O)(=O)O)ccc23)cc1.[Na+].[Na+]. The van der Waals surface area contributed by atoms with E-state index in [1.165, 1.54) is 72.8 Å². The second-order valence-electron chi connectivity index (χ2n) is 10.9. The molecule has 6 aromatic rings. The van der Waals surface area contributed by atoms with Gasteiger partial charge in [0, 0.05) is 10.8 Å². The minimum Gasteiger partial charge on any atom is -0.744 e. The minimum atomic E-state index is -4.57. The molecule has 0 aliphatic carbocycles. The first-order chi connectivity index (χ1) is 25.1. The normalized spacial score (nSPS) is 12.2. The summed E-state index contributed by atoms with van der Waals surface area (Å²) < 4.78 is 129. The average molecular weight is 861 g/mol. The summed E-state index contributed by atoms with van der Waals surface area (Å²) in [5.74, 6) is -0.436. The largest absolute Gasteiger partial charge is 1.00 e. The van der Waals surface area contributed by atoms with Crippen molar-refractivity contribution in [2.75, 3.05) is 0 Å². The Labute approximate surface area is 363 Å². The van der Waals surface area contributed by atoms with Crippen LogP contribution in [0.2, 0.25) is 0 Å². The quantitative estimate of drug-likeness (QED) is 0.0905. The molecule has 4 N–H and O–H groups in total. The summed E-state index contributed by atoms with van der Waals surface area (Å²) in [4.78, 5) is -1.43. The molecule has 0 aromatic heterocycles. The maximum absolute atomic E-state index is 11.2. The number of aromatic hydroxyl groups is 2. The molecule has 0 radical (unpaired) electrons. The van der Waals surface area contributed by atoms with Crippen molar-refractivity contribution in [3.63, 3.8) is 0 Å². The predicted molar refractivity (Wildman–Crippen MR) is 188 cm³/mol. The van der Waals surface area contributed by atoms with Gasteiger partial charge in [0.2, 0.25) is 0 Å². The van der Waals surface area contributed by atoms with Gasteiger partial charge in [-0.15, -0.1) is 10.2 Å². The first kappa shape index (κ1) is 46.7. The van der Waals surface area contributed by atoms with Crippen molar-refractivity contribution in [1.29, 1.82) is 0 Å². The number of hydrogen-bond donors (Lipinski definition) is 4. The van der Waals surface area contributed by atoms with Gasteiger partial charge in [0.25, 0.3) is 20.2 Å². The van der Waals surface area contributed by atoms with Crippen LogP contribution >= 0.6 is 0 Å². The molecule has 0 bridgehead atoms. The minimum absolute atomic E-state index is 0. The maximum Gasteiger partial charge on any atom is 1.00 e. The first-order valence-corrected chi connectivity index (χ1v) is 20.2. The summed E-state index contributed by atoms with van der Waals surface area (Å²) in [6.07, 6.45) is 0. The van der Waals surface area contributed by atoms with Gasteiger partial charge in [0.05, 0.1) is 31.0 Å². The zero-order valence-electron chi connectivity index (χ0n) is 28.7. The second kappa shape index (κ2) is 18.3. The van der Waals surface area contributed by atoms with E-state index in [9.17, 15) is 53.0 Å². The van der Waals surface area contributed by atoms with Crippen molar-refractivity contribution in [3.05, 3.63) is 109 Å².